The van der Waals surface area contributed by atoms with E-state index in [0.717, 1.165) is 29.7 Å². The van der Waals surface area contributed by atoms with Gasteiger partial charge in [0.2, 0.25) is 5.56 Å². The fourth-order valence-corrected chi connectivity index (χ4v) is 4.93. The summed E-state index contributed by atoms with van der Waals surface area (Å²) in [5.74, 6) is 1.65. The topological polar surface area (TPSA) is 63.7 Å². The van der Waals surface area contributed by atoms with Crippen molar-refractivity contribution >= 4 is 12.3 Å². The van der Waals surface area contributed by atoms with Crippen LogP contribution in [0.15, 0.2) is 69.5 Å². The van der Waals surface area contributed by atoms with E-state index >= 15 is 0 Å². The van der Waals surface area contributed by atoms with Crippen LogP contribution in [0.25, 0.3) is 6.08 Å². The summed E-state index contributed by atoms with van der Waals surface area (Å²) < 4.78 is 10.7. The monoisotopic (exact) mass is 416 g/mol. The van der Waals surface area contributed by atoms with Crippen LogP contribution in [0.1, 0.15) is 37.1 Å². The maximum absolute atomic E-state index is 11.9. The van der Waals surface area contributed by atoms with E-state index in [1.165, 1.54) is 11.1 Å². The quantitative estimate of drug-likeness (QED) is 0.560. The molecule has 2 aromatic rings. The number of rotatable bonds is 5. The number of nitrogens with zero attached hydrogens (tertiary/aromatic N) is 1. The largest absolute Gasteiger partial charge is 0.493 e. The molecule has 1 N–H and O–H groups in total. The van der Waals surface area contributed by atoms with Crippen LogP contribution in [0.3, 0.4) is 0 Å². The number of aliphatic imine (C=N–C) groups is 1. The van der Waals surface area contributed by atoms with Crippen molar-refractivity contribution in [2.75, 3.05) is 14.2 Å². The van der Waals surface area contributed by atoms with Crippen LogP contribution in [0.5, 0.6) is 11.5 Å². The van der Waals surface area contributed by atoms with Gasteiger partial charge in [0.25, 0.3) is 0 Å². The molecule has 0 unspecified atom stereocenters. The Hall–Kier alpha value is -3.34. The van der Waals surface area contributed by atoms with Crippen LogP contribution >= 0.6 is 0 Å². The van der Waals surface area contributed by atoms with Crippen molar-refractivity contribution in [2.24, 2.45) is 10.9 Å². The average molecular weight is 417 g/mol. The Kier molecular flexibility index (Phi) is 5.68. The Labute approximate surface area is 182 Å². The standard InChI is InChI=1S/C26H28N2O3/c1-5-20-19-13-17(2)16-26(20,21-9-11-25(29)28-22(21)15-19)27-12-6-7-18-8-10-23(30-3)24(14-18)31-4/h5-14,19H,15-16H2,1-4H3,(H,28,29)/b7-6?,20-5+,27-12?/t19-,26+/m0/s1. The van der Waals surface area contributed by atoms with Gasteiger partial charge in [-0.25, -0.2) is 0 Å². The Bertz CT molecular complexity index is 1170. The van der Waals surface area contributed by atoms with Crippen molar-refractivity contribution in [3.05, 3.63) is 86.9 Å². The molecule has 0 radical (unpaired) electrons. The summed E-state index contributed by atoms with van der Waals surface area (Å²) in [6, 6.07) is 9.35. The van der Waals surface area contributed by atoms with E-state index in [1.807, 2.05) is 42.6 Å². The SMILES string of the molecule is C/C=C1\[C@H]2C=C(C)C[C@]1(N=CC=Cc1ccc(OC)c(OC)c1)c1ccc(=O)[nH]c1C2. The zero-order valence-electron chi connectivity index (χ0n) is 18.4. The smallest absolute Gasteiger partial charge is 0.248 e. The number of pyridine rings is 1. The summed E-state index contributed by atoms with van der Waals surface area (Å²) in [7, 11) is 3.26. The highest BCUT2D eigenvalue weighted by molar-refractivity contribution is 5.79. The summed E-state index contributed by atoms with van der Waals surface area (Å²) in [5, 5.41) is 0. The Morgan fingerprint density at radius 3 is 2.71 bits per heavy atom. The fraction of sp³-hybridized carbons (Fsp3) is 0.308. The number of allylic oxidation sites excluding steroid dienone is 3. The van der Waals surface area contributed by atoms with Crippen molar-refractivity contribution in [2.45, 2.75) is 32.2 Å². The van der Waals surface area contributed by atoms with Crippen molar-refractivity contribution in [3.63, 3.8) is 0 Å². The van der Waals surface area contributed by atoms with Gasteiger partial charge in [-0.15, -0.1) is 0 Å². The molecule has 2 aliphatic rings. The zero-order valence-corrected chi connectivity index (χ0v) is 18.4. The lowest BCUT2D eigenvalue weighted by atomic mass is 9.63. The highest BCUT2D eigenvalue weighted by atomic mass is 16.5. The second-order valence-corrected chi connectivity index (χ2v) is 8.07. The summed E-state index contributed by atoms with van der Waals surface area (Å²) in [6.07, 6.45) is 11.9. The number of benzene rings is 1. The van der Waals surface area contributed by atoms with E-state index in [1.54, 1.807) is 20.3 Å². The molecule has 0 aliphatic heterocycles. The van der Waals surface area contributed by atoms with E-state index in [0.29, 0.717) is 11.5 Å². The van der Waals surface area contributed by atoms with Crippen molar-refractivity contribution in [1.82, 2.24) is 4.98 Å². The first-order valence-electron chi connectivity index (χ1n) is 10.5. The Balaban J connectivity index is 1.71. The molecule has 2 bridgehead atoms. The number of aromatic amines is 1. The molecule has 2 atom stereocenters. The normalized spacial score (nSPS) is 23.8. The molecule has 1 aromatic carbocycles. The number of hydrogen-bond donors (Lipinski definition) is 1. The molecular weight excluding hydrogens is 388 g/mol. The van der Waals surface area contributed by atoms with E-state index in [-0.39, 0.29) is 11.5 Å². The van der Waals surface area contributed by atoms with E-state index < -0.39 is 5.54 Å². The van der Waals surface area contributed by atoms with Crippen molar-refractivity contribution < 1.29 is 9.47 Å². The van der Waals surface area contributed by atoms with Gasteiger partial charge in [0.1, 0.15) is 5.54 Å². The highest BCUT2D eigenvalue weighted by Gasteiger charge is 2.46. The van der Waals surface area contributed by atoms with Crippen LogP contribution in [0.4, 0.5) is 0 Å². The van der Waals surface area contributed by atoms with Crippen LogP contribution in [0.2, 0.25) is 0 Å². The van der Waals surface area contributed by atoms with Crippen LogP contribution in [0, 0.1) is 5.92 Å². The molecule has 4 rings (SSSR count). The minimum Gasteiger partial charge on any atom is -0.493 e. The molecule has 0 amide bonds. The van der Waals surface area contributed by atoms with Gasteiger partial charge < -0.3 is 14.5 Å². The predicted octanol–water partition coefficient (Wildman–Crippen LogP) is 4.84. The number of fused-ring (bicyclic) bond motifs is 4. The predicted molar refractivity (Wildman–Crippen MR) is 125 cm³/mol. The summed E-state index contributed by atoms with van der Waals surface area (Å²) >= 11 is 0. The lowest BCUT2D eigenvalue weighted by Gasteiger charge is -2.45. The number of H-pyrrole nitrogens is 1. The van der Waals surface area contributed by atoms with E-state index in [2.05, 4.69) is 31.0 Å². The number of methoxy groups -OCH3 is 2. The molecule has 0 saturated heterocycles. The molecule has 160 valence electrons. The highest BCUT2D eigenvalue weighted by Crippen LogP contribution is 2.51. The molecule has 0 fully saturated rings. The van der Waals surface area contributed by atoms with Crippen LogP contribution in [-0.4, -0.2) is 25.4 Å². The third-order valence-electron chi connectivity index (χ3n) is 6.16. The molecule has 5 nitrogen and oxygen atoms in total. The van der Waals surface area contributed by atoms with E-state index in [4.69, 9.17) is 14.5 Å². The zero-order chi connectivity index (χ0) is 22.0. The molecule has 5 heteroatoms. The molecule has 1 heterocycles. The minimum absolute atomic E-state index is 0.0612. The summed E-state index contributed by atoms with van der Waals surface area (Å²) in [6.45, 7) is 4.25. The number of nitrogens with one attached hydrogen (secondary N) is 1. The first kappa shape index (κ1) is 20.9. The van der Waals surface area contributed by atoms with Gasteiger partial charge in [0.15, 0.2) is 11.5 Å². The van der Waals surface area contributed by atoms with Crippen LogP contribution in [-0.2, 0) is 12.0 Å². The number of aromatic nitrogens is 1. The third kappa shape index (κ3) is 3.76. The summed E-state index contributed by atoms with van der Waals surface area (Å²) in [5.41, 5.74) is 5.18. The molecule has 2 aliphatic carbocycles. The van der Waals surface area contributed by atoms with Gasteiger partial charge in [0.05, 0.1) is 14.2 Å². The molecule has 0 saturated carbocycles. The lowest BCUT2D eigenvalue weighted by Crippen LogP contribution is -2.40. The third-order valence-corrected chi connectivity index (χ3v) is 6.16. The number of hydrogen-bond acceptors (Lipinski definition) is 4. The minimum atomic E-state index is -0.474. The Morgan fingerprint density at radius 1 is 1.16 bits per heavy atom. The molecule has 1 aromatic heterocycles. The molecule has 31 heavy (non-hydrogen) atoms. The fourth-order valence-electron chi connectivity index (χ4n) is 4.93. The first-order valence-corrected chi connectivity index (χ1v) is 10.5. The second kappa shape index (κ2) is 8.42. The summed E-state index contributed by atoms with van der Waals surface area (Å²) in [4.78, 5) is 20.1. The van der Waals surface area contributed by atoms with Crippen molar-refractivity contribution in [1.29, 1.82) is 0 Å². The van der Waals surface area contributed by atoms with Gasteiger partial charge in [-0.2, -0.15) is 0 Å². The molecule has 0 spiro atoms. The number of ether oxygens (including phenoxy) is 2. The average Bonchev–Trinajstić information content (AvgIpc) is 2.75. The molecular formula is C26H28N2O3. The van der Waals surface area contributed by atoms with Gasteiger partial charge in [-0.1, -0.05) is 29.9 Å². The Morgan fingerprint density at radius 2 is 1.97 bits per heavy atom. The lowest BCUT2D eigenvalue weighted by molar-refractivity contribution is 0.355. The van der Waals surface area contributed by atoms with E-state index in [9.17, 15) is 4.79 Å². The van der Waals surface area contributed by atoms with Gasteiger partial charge in [-0.3, -0.25) is 9.79 Å². The van der Waals surface area contributed by atoms with Gasteiger partial charge in [0, 0.05) is 35.9 Å². The van der Waals surface area contributed by atoms with Gasteiger partial charge >= 0.3 is 0 Å². The van der Waals surface area contributed by atoms with Crippen LogP contribution < -0.4 is 15.0 Å². The second-order valence-electron chi connectivity index (χ2n) is 8.07. The van der Waals surface area contributed by atoms with Crippen molar-refractivity contribution in [3.8, 4) is 11.5 Å². The maximum atomic E-state index is 11.9. The maximum Gasteiger partial charge on any atom is 0.248 e. The van der Waals surface area contributed by atoms with Gasteiger partial charge in [-0.05, 0) is 55.7 Å². The first-order chi connectivity index (χ1) is 15.0.